The van der Waals surface area contributed by atoms with Gasteiger partial charge in [0.05, 0.1) is 0 Å². The van der Waals surface area contributed by atoms with Crippen LogP contribution in [0.3, 0.4) is 0 Å². The number of benzene rings is 5. The standard InChI is InChI=1S/C27H27.C25H31O.C2H7Si.Zr/c1-2-3-4-6-12-21-19-23-15-11-18-26(27(23)20-21)25-17-10-9-16-24(25)22-13-7-5-8-14-22;1-16-12-17-10-9-11-19(20(17)13-16)18-14-21(24(2,3)4)23(26-8)22(15-18)25(5,6)7;1-3-2;/h5,7-11,13-20H,2-4,6,12H2,1H3;9-15H,1-8H3;3H,1-2H3;. The normalized spacial score (nSPS) is 16.4. The minimum absolute atomic E-state index is 0.0477. The van der Waals surface area contributed by atoms with Gasteiger partial charge >= 0.3 is 356 Å². The molecule has 2 atom stereocenters. The van der Waals surface area contributed by atoms with Crippen molar-refractivity contribution in [3.63, 3.8) is 0 Å². The Kier molecular flexibility index (Phi) is 12.4. The van der Waals surface area contributed by atoms with Crippen LogP contribution in [-0.4, -0.2) is 13.0 Å². The number of rotatable bonds is 12. The fourth-order valence-electron chi connectivity index (χ4n) is 9.85. The van der Waals surface area contributed by atoms with Crippen LogP contribution >= 0.6 is 0 Å². The quantitative estimate of drug-likeness (QED) is 0.0898. The van der Waals surface area contributed by atoms with Crippen LogP contribution in [0, 0.1) is 0 Å². The molecule has 0 radical (unpaired) electrons. The molecule has 0 spiro atoms. The van der Waals surface area contributed by atoms with Gasteiger partial charge in [-0.1, -0.05) is 0 Å². The van der Waals surface area contributed by atoms with Crippen molar-refractivity contribution in [1.29, 1.82) is 0 Å². The molecule has 0 bridgehead atoms. The van der Waals surface area contributed by atoms with Crippen LogP contribution in [0.5, 0.6) is 5.75 Å². The van der Waals surface area contributed by atoms with Gasteiger partial charge in [-0.25, -0.2) is 0 Å². The van der Waals surface area contributed by atoms with Gasteiger partial charge in [-0.15, -0.1) is 0 Å². The van der Waals surface area contributed by atoms with E-state index in [9.17, 15) is 0 Å². The number of hydrogen-bond acceptors (Lipinski definition) is 1. The monoisotopic (exact) mass is 847 g/mol. The summed E-state index contributed by atoms with van der Waals surface area (Å²) in [5.41, 5.74) is 20.1. The van der Waals surface area contributed by atoms with E-state index in [1.165, 1.54) is 87.7 Å². The third-order valence-electron chi connectivity index (χ3n) is 12.6. The molecule has 0 amide bonds. The number of allylic oxidation sites excluding steroid dienone is 2. The van der Waals surface area contributed by atoms with Crippen LogP contribution in [0.4, 0.5) is 0 Å². The molecule has 5 aromatic carbocycles. The third-order valence-corrected chi connectivity index (χ3v) is 34.6. The van der Waals surface area contributed by atoms with Crippen LogP contribution < -0.4 is 4.74 Å². The van der Waals surface area contributed by atoms with E-state index in [2.05, 4.69) is 184 Å². The van der Waals surface area contributed by atoms with E-state index < -0.39 is 26.8 Å². The Hall–Kier alpha value is -3.52. The zero-order chi connectivity index (χ0) is 40.6. The molecule has 0 heterocycles. The van der Waals surface area contributed by atoms with Crippen molar-refractivity contribution in [2.45, 2.75) is 119 Å². The van der Waals surface area contributed by atoms with E-state index >= 15 is 0 Å². The number of hydrogen-bond donors (Lipinski definition) is 0. The Bertz CT molecular complexity index is 2260. The van der Waals surface area contributed by atoms with E-state index in [1.807, 2.05) is 7.11 Å². The predicted molar refractivity (Wildman–Crippen MR) is 248 cm³/mol. The molecule has 5 aromatic rings. The minimum atomic E-state index is -2.31. The Morgan fingerprint density at radius 1 is 0.596 bits per heavy atom. The molecule has 295 valence electrons. The number of unbranched alkanes of at least 4 members (excludes halogenated alkanes) is 3. The van der Waals surface area contributed by atoms with Crippen LogP contribution in [0.25, 0.3) is 45.5 Å². The zero-order valence-electron chi connectivity index (χ0n) is 36.6. The molecule has 2 aliphatic carbocycles. The number of ether oxygens (including phenoxy) is 1. The van der Waals surface area contributed by atoms with E-state index in [-0.39, 0.29) is 10.8 Å². The van der Waals surface area contributed by atoms with Gasteiger partial charge in [-0.2, -0.15) is 0 Å². The molecule has 0 saturated carbocycles. The van der Waals surface area contributed by atoms with Gasteiger partial charge < -0.3 is 0 Å². The third kappa shape index (κ3) is 8.23. The van der Waals surface area contributed by atoms with Crippen molar-refractivity contribution in [3.05, 3.63) is 148 Å². The molecule has 1 nitrogen and oxygen atoms in total. The molecule has 0 N–H and O–H groups in total. The first-order chi connectivity index (χ1) is 27.2. The Labute approximate surface area is 353 Å². The average Bonchev–Trinajstić information content (AvgIpc) is 3.72. The van der Waals surface area contributed by atoms with Crippen molar-refractivity contribution >= 4 is 18.1 Å². The van der Waals surface area contributed by atoms with Crippen LogP contribution in [-0.2, 0) is 31.7 Å². The maximum atomic E-state index is 6.20. The molecular formula is C54H65OSiZr. The topological polar surface area (TPSA) is 9.23 Å². The van der Waals surface area contributed by atoms with Gasteiger partial charge in [0.2, 0.25) is 0 Å². The molecule has 0 fully saturated rings. The zero-order valence-corrected chi connectivity index (χ0v) is 40.3. The Balaban J connectivity index is 1.37. The van der Waals surface area contributed by atoms with E-state index in [1.54, 1.807) is 22.3 Å². The first-order valence-corrected chi connectivity index (χ1v) is 31.6. The van der Waals surface area contributed by atoms with Crippen LogP contribution in [0.15, 0.2) is 114 Å². The van der Waals surface area contributed by atoms with Crippen molar-refractivity contribution in [1.82, 2.24) is 0 Å². The second-order valence-corrected chi connectivity index (χ2v) is 39.1. The van der Waals surface area contributed by atoms with E-state index in [0.717, 1.165) is 5.75 Å². The number of fused-ring (bicyclic) bond motifs is 2. The molecule has 0 aromatic heterocycles. The summed E-state index contributed by atoms with van der Waals surface area (Å²) in [6.45, 7) is 24.2. The second-order valence-electron chi connectivity index (χ2n) is 19.1. The summed E-state index contributed by atoms with van der Waals surface area (Å²) in [4.78, 5) is 0. The van der Waals surface area contributed by atoms with Crippen LogP contribution in [0.2, 0.25) is 13.1 Å². The SMILES string of the molecule is CCCCCCC1=Cc2c(-c3ccccc3-c3ccccc3)cccc2[CH]1[Zr]([CH]1C(C)=Cc2c(-c3cc(C(C)(C)C)c(OC)c(C(C)(C)C)c3)cccc21)[SiH](C)C. The summed E-state index contributed by atoms with van der Waals surface area (Å²) in [5.74, 6) is -0.00314. The molecule has 2 aliphatic rings. The van der Waals surface area contributed by atoms with Gasteiger partial charge in [0, 0.05) is 0 Å². The average molecular weight is 849 g/mol. The fourth-order valence-corrected chi connectivity index (χ4v) is 32.9. The number of methoxy groups -OCH3 is 1. The first kappa shape index (κ1) is 41.6. The maximum absolute atomic E-state index is 6.20. The van der Waals surface area contributed by atoms with Gasteiger partial charge in [-0.3, -0.25) is 0 Å². The fraction of sp³-hybridized carbons (Fsp3) is 0.370. The summed E-state index contributed by atoms with van der Waals surface area (Å²) in [6, 6.07) is 39.5. The van der Waals surface area contributed by atoms with Gasteiger partial charge in [-0.05, 0) is 0 Å². The Morgan fingerprint density at radius 3 is 1.75 bits per heavy atom. The second kappa shape index (κ2) is 17.0. The van der Waals surface area contributed by atoms with Gasteiger partial charge in [0.1, 0.15) is 0 Å². The van der Waals surface area contributed by atoms with Crippen molar-refractivity contribution in [3.8, 4) is 39.1 Å². The molecule has 7 rings (SSSR count). The summed E-state index contributed by atoms with van der Waals surface area (Å²) < 4.78 is 7.41. The van der Waals surface area contributed by atoms with E-state index in [0.29, 0.717) is 7.25 Å². The summed E-state index contributed by atoms with van der Waals surface area (Å²) >= 11 is -2.31. The summed E-state index contributed by atoms with van der Waals surface area (Å²) in [5, 5.41) is 0. The van der Waals surface area contributed by atoms with Gasteiger partial charge in [0.25, 0.3) is 0 Å². The predicted octanol–water partition coefficient (Wildman–Crippen LogP) is 15.5. The molecule has 3 heteroatoms. The molecular weight excluding hydrogens is 784 g/mol. The van der Waals surface area contributed by atoms with E-state index in [4.69, 9.17) is 4.74 Å². The van der Waals surface area contributed by atoms with Crippen molar-refractivity contribution in [2.24, 2.45) is 0 Å². The summed E-state index contributed by atoms with van der Waals surface area (Å²) in [6.07, 6.45) is 11.7. The van der Waals surface area contributed by atoms with Crippen molar-refractivity contribution in [2.75, 3.05) is 7.11 Å². The first-order valence-electron chi connectivity index (χ1n) is 21.6. The molecule has 0 saturated heterocycles. The van der Waals surface area contributed by atoms with Gasteiger partial charge in [0.15, 0.2) is 0 Å². The summed E-state index contributed by atoms with van der Waals surface area (Å²) in [7, 11) is 1.84. The molecule has 0 aliphatic heterocycles. The van der Waals surface area contributed by atoms with Crippen molar-refractivity contribution < 1.29 is 25.6 Å². The molecule has 2 unspecified atom stereocenters. The Morgan fingerprint density at radius 2 is 1.16 bits per heavy atom. The molecule has 57 heavy (non-hydrogen) atoms. The van der Waals surface area contributed by atoms with Crippen LogP contribution in [0.1, 0.15) is 128 Å².